The maximum absolute atomic E-state index is 12.5. The Morgan fingerprint density at radius 2 is 1.91 bits per heavy atom. The quantitative estimate of drug-likeness (QED) is 0.555. The smallest absolute Gasteiger partial charge is 0.259 e. The second-order valence-corrected chi connectivity index (χ2v) is 10.2. The molecule has 8 heteroatoms. The van der Waals surface area contributed by atoms with Gasteiger partial charge in [-0.05, 0) is 44.4 Å². The Morgan fingerprint density at radius 3 is 2.64 bits per heavy atom. The van der Waals surface area contributed by atoms with Crippen LogP contribution >= 0.6 is 11.3 Å². The van der Waals surface area contributed by atoms with E-state index < -0.39 is 0 Å². The van der Waals surface area contributed by atoms with E-state index in [-0.39, 0.29) is 30.1 Å². The van der Waals surface area contributed by atoms with Gasteiger partial charge in [0.05, 0.1) is 17.6 Å². The Hall–Kier alpha value is -2.55. The van der Waals surface area contributed by atoms with Crippen molar-refractivity contribution in [3.63, 3.8) is 0 Å². The number of nitrogens with zero attached hydrogens (tertiary/aromatic N) is 2. The van der Waals surface area contributed by atoms with Crippen molar-refractivity contribution in [2.24, 2.45) is 0 Å². The van der Waals surface area contributed by atoms with Gasteiger partial charge in [0.1, 0.15) is 10.7 Å². The topological polar surface area (TPSA) is 87.3 Å². The molecule has 3 aromatic rings. The number of ether oxygens (including phenoxy) is 1. The van der Waals surface area contributed by atoms with Gasteiger partial charge in [-0.25, -0.2) is 4.98 Å². The van der Waals surface area contributed by atoms with E-state index in [1.165, 1.54) is 16.9 Å². The number of carbonyl (C=O) groups is 1. The van der Waals surface area contributed by atoms with E-state index in [0.717, 1.165) is 40.5 Å². The first-order valence-electron chi connectivity index (χ1n) is 11.5. The predicted octanol–water partition coefficient (Wildman–Crippen LogP) is 3.46. The molecule has 2 aromatic heterocycles. The van der Waals surface area contributed by atoms with Crippen LogP contribution in [0.5, 0.6) is 0 Å². The van der Waals surface area contributed by atoms with Crippen molar-refractivity contribution < 1.29 is 9.53 Å². The number of amides is 1. The van der Waals surface area contributed by atoms with E-state index in [2.05, 4.69) is 46.2 Å². The van der Waals surface area contributed by atoms with Crippen molar-refractivity contribution in [1.29, 1.82) is 0 Å². The van der Waals surface area contributed by atoms with Crippen LogP contribution in [0.2, 0.25) is 0 Å². The Kier molecular flexibility index (Phi) is 7.26. The SMILES string of the molecule is Cc1sc2nc(CCC(=O)NCc3ccccc3CN3CC(C)OC(C)C3)[nH]c(=O)c2c1C. The average molecular weight is 469 g/mol. The van der Waals surface area contributed by atoms with E-state index in [4.69, 9.17) is 4.74 Å². The highest BCUT2D eigenvalue weighted by atomic mass is 32.1. The molecule has 0 spiro atoms. The van der Waals surface area contributed by atoms with E-state index >= 15 is 0 Å². The minimum absolute atomic E-state index is 0.0558. The molecule has 2 unspecified atom stereocenters. The fourth-order valence-electron chi connectivity index (χ4n) is 4.47. The molecule has 0 saturated carbocycles. The lowest BCUT2D eigenvalue weighted by molar-refractivity contribution is -0.121. The third kappa shape index (κ3) is 5.69. The minimum atomic E-state index is -0.127. The van der Waals surface area contributed by atoms with Crippen LogP contribution in [0.4, 0.5) is 0 Å². The lowest BCUT2D eigenvalue weighted by Crippen LogP contribution is -2.45. The molecule has 1 aliphatic rings. The highest BCUT2D eigenvalue weighted by Crippen LogP contribution is 2.25. The summed E-state index contributed by atoms with van der Waals surface area (Å²) in [7, 11) is 0. The van der Waals surface area contributed by atoms with Crippen LogP contribution in [0.25, 0.3) is 10.2 Å². The summed E-state index contributed by atoms with van der Waals surface area (Å²) in [5.74, 6) is 0.500. The van der Waals surface area contributed by atoms with Crippen molar-refractivity contribution in [3.05, 3.63) is 62.0 Å². The number of aryl methyl sites for hydroxylation is 3. The van der Waals surface area contributed by atoms with Crippen LogP contribution in [0.15, 0.2) is 29.1 Å². The van der Waals surface area contributed by atoms with Crippen LogP contribution in [-0.2, 0) is 29.0 Å². The number of morpholine rings is 1. The lowest BCUT2D eigenvalue weighted by atomic mass is 10.1. The molecule has 33 heavy (non-hydrogen) atoms. The molecule has 176 valence electrons. The normalized spacial score (nSPS) is 19.2. The van der Waals surface area contributed by atoms with E-state index in [0.29, 0.717) is 24.2 Å². The number of H-pyrrole nitrogens is 1. The maximum Gasteiger partial charge on any atom is 0.259 e. The zero-order valence-electron chi connectivity index (χ0n) is 19.7. The number of rotatable bonds is 7. The highest BCUT2D eigenvalue weighted by molar-refractivity contribution is 7.18. The highest BCUT2D eigenvalue weighted by Gasteiger charge is 2.22. The molecule has 2 atom stereocenters. The van der Waals surface area contributed by atoms with Gasteiger partial charge in [0.2, 0.25) is 5.91 Å². The third-order valence-corrected chi connectivity index (χ3v) is 7.26. The number of thiophene rings is 1. The molecule has 7 nitrogen and oxygen atoms in total. The van der Waals surface area contributed by atoms with E-state index in [9.17, 15) is 9.59 Å². The van der Waals surface area contributed by atoms with Crippen molar-refractivity contribution in [1.82, 2.24) is 20.2 Å². The van der Waals surface area contributed by atoms with Crippen molar-refractivity contribution in [3.8, 4) is 0 Å². The summed E-state index contributed by atoms with van der Waals surface area (Å²) in [5.41, 5.74) is 3.19. The predicted molar refractivity (Wildman–Crippen MR) is 132 cm³/mol. The van der Waals surface area contributed by atoms with Crippen LogP contribution < -0.4 is 10.9 Å². The average Bonchev–Trinajstić information content (AvgIpc) is 3.04. The van der Waals surface area contributed by atoms with Crippen molar-refractivity contribution in [2.45, 2.75) is 65.8 Å². The Labute approximate surface area is 198 Å². The number of fused-ring (bicyclic) bond motifs is 1. The van der Waals surface area contributed by atoms with E-state index in [1.54, 1.807) is 0 Å². The fourth-order valence-corrected chi connectivity index (χ4v) is 5.52. The second-order valence-electron chi connectivity index (χ2n) is 8.97. The number of carbonyl (C=O) groups excluding carboxylic acids is 1. The van der Waals surface area contributed by atoms with Crippen LogP contribution in [0.3, 0.4) is 0 Å². The molecule has 0 aliphatic carbocycles. The number of aromatic nitrogens is 2. The summed E-state index contributed by atoms with van der Waals surface area (Å²) in [5, 5.41) is 3.69. The monoisotopic (exact) mass is 468 g/mol. The Morgan fingerprint density at radius 1 is 1.21 bits per heavy atom. The molecule has 0 bridgehead atoms. The summed E-state index contributed by atoms with van der Waals surface area (Å²) in [6, 6.07) is 8.24. The van der Waals surface area contributed by atoms with E-state index in [1.807, 2.05) is 26.0 Å². The number of nitrogens with one attached hydrogen (secondary N) is 2. The van der Waals surface area contributed by atoms with Crippen LogP contribution in [0, 0.1) is 13.8 Å². The zero-order valence-corrected chi connectivity index (χ0v) is 20.6. The number of hydrogen-bond donors (Lipinski definition) is 2. The minimum Gasteiger partial charge on any atom is -0.373 e. The molecule has 3 heterocycles. The largest absolute Gasteiger partial charge is 0.373 e. The van der Waals surface area contributed by atoms with Crippen LogP contribution in [-0.4, -0.2) is 46.1 Å². The maximum atomic E-state index is 12.5. The third-order valence-electron chi connectivity index (χ3n) is 6.16. The molecule has 2 N–H and O–H groups in total. The summed E-state index contributed by atoms with van der Waals surface area (Å²) in [4.78, 5) is 36.6. The van der Waals surface area contributed by atoms with Gasteiger partial charge in [0.15, 0.2) is 0 Å². The molecule has 1 amide bonds. The van der Waals surface area contributed by atoms with Gasteiger partial charge in [0.25, 0.3) is 5.56 Å². The summed E-state index contributed by atoms with van der Waals surface area (Å²) < 4.78 is 5.84. The van der Waals surface area contributed by atoms with Gasteiger partial charge in [-0.15, -0.1) is 11.3 Å². The van der Waals surface area contributed by atoms with Gasteiger partial charge >= 0.3 is 0 Å². The Balaban J connectivity index is 1.34. The number of hydrogen-bond acceptors (Lipinski definition) is 6. The van der Waals surface area contributed by atoms with Crippen molar-refractivity contribution >= 4 is 27.5 Å². The summed E-state index contributed by atoms with van der Waals surface area (Å²) in [6.07, 6.45) is 1.13. The van der Waals surface area contributed by atoms with Gasteiger partial charge < -0.3 is 15.0 Å². The van der Waals surface area contributed by atoms with Crippen molar-refractivity contribution in [2.75, 3.05) is 13.1 Å². The molecule has 1 aliphatic heterocycles. The van der Waals surface area contributed by atoms with Gasteiger partial charge in [-0.2, -0.15) is 0 Å². The van der Waals surface area contributed by atoms with Crippen LogP contribution in [0.1, 0.15) is 47.7 Å². The molecule has 1 aromatic carbocycles. The first kappa shape index (κ1) is 23.6. The van der Waals surface area contributed by atoms with Gasteiger partial charge in [-0.3, -0.25) is 14.5 Å². The summed E-state index contributed by atoms with van der Waals surface area (Å²) in [6.45, 7) is 11.3. The molecule has 1 saturated heterocycles. The fraction of sp³-hybridized carbons (Fsp3) is 0.480. The summed E-state index contributed by atoms with van der Waals surface area (Å²) >= 11 is 1.52. The van der Waals surface area contributed by atoms with Gasteiger partial charge in [-0.1, -0.05) is 24.3 Å². The Bertz CT molecular complexity index is 1190. The molecule has 1 fully saturated rings. The number of aromatic amines is 1. The second kappa shape index (κ2) is 10.2. The first-order valence-corrected chi connectivity index (χ1v) is 12.3. The zero-order chi connectivity index (χ0) is 23.5. The first-order chi connectivity index (χ1) is 15.8. The molecule has 4 rings (SSSR count). The standard InChI is InChI=1S/C25H32N4O3S/c1-15-12-29(13-16(2)32-15)14-20-8-6-5-7-19(20)11-26-22(30)10-9-21-27-24(31)23-17(3)18(4)33-25(23)28-21/h5-8,15-16H,9-14H2,1-4H3,(H,26,30)(H,27,28,31). The molecular weight excluding hydrogens is 436 g/mol. The number of benzene rings is 1. The lowest BCUT2D eigenvalue weighted by Gasteiger charge is -2.35. The molecular formula is C25H32N4O3S. The molecule has 0 radical (unpaired) electrons. The van der Waals surface area contributed by atoms with Gasteiger partial charge in [0, 0.05) is 43.9 Å².